The number of rotatable bonds is 7. The van der Waals surface area contributed by atoms with Crippen LogP contribution in [0.4, 0.5) is 0 Å². The Hall–Kier alpha value is -3.27. The number of piperidine rings is 1. The number of nitrogens with zero attached hydrogens (tertiary/aromatic N) is 5. The molecule has 9 nitrogen and oxygen atoms in total. The number of hydrogen-bond donors (Lipinski definition) is 0. The van der Waals surface area contributed by atoms with Gasteiger partial charge in [-0.2, -0.15) is 5.10 Å². The molecule has 1 saturated heterocycles. The molecule has 0 aliphatic carbocycles. The van der Waals surface area contributed by atoms with Crippen LogP contribution in [-0.4, -0.2) is 75.6 Å². The third-order valence-electron chi connectivity index (χ3n) is 6.17. The molecule has 186 valence electrons. The lowest BCUT2D eigenvalue weighted by Crippen LogP contribution is -2.47. The minimum absolute atomic E-state index is 0.0762. The van der Waals surface area contributed by atoms with Gasteiger partial charge in [-0.05, 0) is 51.1 Å². The third-order valence-corrected chi connectivity index (χ3v) is 7.07. The molecule has 1 fully saturated rings. The number of thiophene rings is 1. The number of pyridine rings is 1. The zero-order valence-electron chi connectivity index (χ0n) is 20.6. The second-order valence-electron chi connectivity index (χ2n) is 9.04. The predicted molar refractivity (Wildman–Crippen MR) is 134 cm³/mol. The normalized spacial score (nSPS) is 16.0. The summed E-state index contributed by atoms with van der Waals surface area (Å²) >= 11 is 1.55. The Kier molecular flexibility index (Phi) is 7.49. The summed E-state index contributed by atoms with van der Waals surface area (Å²) in [6.45, 7) is 6.94. The van der Waals surface area contributed by atoms with E-state index < -0.39 is 0 Å². The standard InChI is InChI=1S/C25H31N5O4S/c1-5-34-25(33)17-8-6-10-29(14-17)22(31)15-28(4)24(32)18-12-20(21-9-7-11-35-21)27-23-19(18)13-26-30(23)16(2)3/h7,9,11-13,16-17H,5-6,8,10,14-15H2,1-4H3. The average molecular weight is 498 g/mol. The number of esters is 1. The van der Waals surface area contributed by atoms with E-state index in [0.717, 1.165) is 11.3 Å². The first-order chi connectivity index (χ1) is 16.8. The van der Waals surface area contributed by atoms with Crippen molar-refractivity contribution < 1.29 is 19.1 Å². The molecule has 1 unspecified atom stereocenters. The molecule has 1 aliphatic heterocycles. The van der Waals surface area contributed by atoms with E-state index in [0.29, 0.717) is 48.4 Å². The van der Waals surface area contributed by atoms with Crippen LogP contribution in [0, 0.1) is 5.92 Å². The Morgan fingerprint density at radius 2 is 2.11 bits per heavy atom. The summed E-state index contributed by atoms with van der Waals surface area (Å²) in [5.74, 6) is -1.04. The summed E-state index contributed by atoms with van der Waals surface area (Å²) in [5, 5.41) is 7.09. The number of ether oxygens (including phenoxy) is 1. The van der Waals surface area contributed by atoms with Crippen molar-refractivity contribution >= 4 is 40.2 Å². The van der Waals surface area contributed by atoms with Gasteiger partial charge in [-0.25, -0.2) is 9.67 Å². The molecule has 0 spiro atoms. The van der Waals surface area contributed by atoms with Crippen molar-refractivity contribution in [3.8, 4) is 10.6 Å². The minimum atomic E-state index is -0.316. The summed E-state index contributed by atoms with van der Waals surface area (Å²) in [7, 11) is 1.62. The van der Waals surface area contributed by atoms with E-state index in [2.05, 4.69) is 5.10 Å². The van der Waals surface area contributed by atoms with Crippen LogP contribution < -0.4 is 0 Å². The zero-order valence-corrected chi connectivity index (χ0v) is 21.4. The van der Waals surface area contributed by atoms with Crippen LogP contribution >= 0.6 is 11.3 Å². The summed E-state index contributed by atoms with van der Waals surface area (Å²) in [6.07, 6.45) is 3.10. The van der Waals surface area contributed by atoms with E-state index in [1.807, 2.05) is 31.4 Å². The predicted octanol–water partition coefficient (Wildman–Crippen LogP) is 3.61. The largest absolute Gasteiger partial charge is 0.466 e. The highest BCUT2D eigenvalue weighted by Gasteiger charge is 2.30. The van der Waals surface area contributed by atoms with Crippen molar-refractivity contribution in [2.75, 3.05) is 33.3 Å². The van der Waals surface area contributed by atoms with Crippen LogP contribution in [0.2, 0.25) is 0 Å². The third kappa shape index (κ3) is 5.22. The highest BCUT2D eigenvalue weighted by molar-refractivity contribution is 7.13. The SMILES string of the molecule is CCOC(=O)C1CCCN(C(=O)CN(C)C(=O)c2cc(-c3cccs3)nc3c2cnn3C(C)C)C1. The van der Waals surface area contributed by atoms with Gasteiger partial charge in [0.2, 0.25) is 5.91 Å². The number of carbonyl (C=O) groups is 3. The lowest BCUT2D eigenvalue weighted by Gasteiger charge is -2.32. The van der Waals surface area contributed by atoms with Crippen LogP contribution in [0.15, 0.2) is 29.8 Å². The number of amides is 2. The maximum atomic E-state index is 13.6. The lowest BCUT2D eigenvalue weighted by molar-refractivity contribution is -0.151. The molecule has 2 amide bonds. The number of carbonyl (C=O) groups excluding carboxylic acids is 3. The summed E-state index contributed by atoms with van der Waals surface area (Å²) in [4.78, 5) is 47.6. The average Bonchev–Trinajstić information content (AvgIpc) is 3.53. The molecule has 0 saturated carbocycles. The van der Waals surface area contributed by atoms with Crippen molar-refractivity contribution in [3.05, 3.63) is 35.3 Å². The van der Waals surface area contributed by atoms with Crippen LogP contribution in [-0.2, 0) is 14.3 Å². The topological polar surface area (TPSA) is 97.6 Å². The van der Waals surface area contributed by atoms with Crippen LogP contribution in [0.1, 0.15) is 50.0 Å². The first-order valence-electron chi connectivity index (χ1n) is 11.9. The Bertz CT molecular complexity index is 1220. The smallest absolute Gasteiger partial charge is 0.310 e. The van der Waals surface area contributed by atoms with Gasteiger partial charge < -0.3 is 14.5 Å². The maximum absolute atomic E-state index is 13.6. The molecule has 3 aromatic rings. The van der Waals surface area contributed by atoms with E-state index in [-0.39, 0.29) is 36.3 Å². The second kappa shape index (κ2) is 10.6. The van der Waals surface area contributed by atoms with Crippen molar-refractivity contribution in [2.24, 2.45) is 5.92 Å². The molecule has 3 aromatic heterocycles. The number of likely N-dealkylation sites (tertiary alicyclic amines) is 1. The molecule has 35 heavy (non-hydrogen) atoms. The van der Waals surface area contributed by atoms with Crippen molar-refractivity contribution in [1.29, 1.82) is 0 Å². The molecule has 10 heteroatoms. The number of hydrogen-bond acceptors (Lipinski definition) is 7. The number of likely N-dealkylation sites (N-methyl/N-ethyl adjacent to an activating group) is 1. The molecule has 0 N–H and O–H groups in total. The van der Waals surface area contributed by atoms with Gasteiger partial charge in [0.15, 0.2) is 5.65 Å². The molecule has 1 atom stereocenters. The molecule has 0 radical (unpaired) electrons. The second-order valence-corrected chi connectivity index (χ2v) is 9.99. The van der Waals surface area contributed by atoms with E-state index in [1.54, 1.807) is 47.2 Å². The highest BCUT2D eigenvalue weighted by Crippen LogP contribution is 2.29. The van der Waals surface area contributed by atoms with Crippen LogP contribution in [0.5, 0.6) is 0 Å². The Labute approximate surface area is 208 Å². The first-order valence-corrected chi connectivity index (χ1v) is 12.8. The Morgan fingerprint density at radius 3 is 2.80 bits per heavy atom. The van der Waals surface area contributed by atoms with E-state index >= 15 is 0 Å². The molecule has 1 aliphatic rings. The minimum Gasteiger partial charge on any atom is -0.466 e. The van der Waals surface area contributed by atoms with Gasteiger partial charge in [-0.15, -0.1) is 11.3 Å². The fourth-order valence-corrected chi connectivity index (χ4v) is 5.05. The van der Waals surface area contributed by atoms with Crippen molar-refractivity contribution in [2.45, 2.75) is 39.7 Å². The fraction of sp³-hybridized carbons (Fsp3) is 0.480. The van der Waals surface area contributed by atoms with Crippen molar-refractivity contribution in [1.82, 2.24) is 24.6 Å². The fourth-order valence-electron chi connectivity index (χ4n) is 4.36. The summed E-state index contributed by atoms with van der Waals surface area (Å²) in [5.41, 5.74) is 1.80. The van der Waals surface area contributed by atoms with E-state index in [9.17, 15) is 14.4 Å². The van der Waals surface area contributed by atoms with Gasteiger partial charge in [0.1, 0.15) is 0 Å². The molecule has 4 heterocycles. The van der Waals surface area contributed by atoms with Crippen LogP contribution in [0.25, 0.3) is 21.6 Å². The molecular formula is C25H31N5O4S. The molecule has 4 rings (SSSR count). The number of aromatic nitrogens is 3. The van der Waals surface area contributed by atoms with Gasteiger partial charge in [0.05, 0.1) is 46.8 Å². The van der Waals surface area contributed by atoms with Crippen LogP contribution in [0.3, 0.4) is 0 Å². The summed E-state index contributed by atoms with van der Waals surface area (Å²) in [6, 6.07) is 5.77. The lowest BCUT2D eigenvalue weighted by atomic mass is 9.98. The Morgan fingerprint density at radius 1 is 1.31 bits per heavy atom. The molecular weight excluding hydrogens is 466 g/mol. The van der Waals surface area contributed by atoms with Gasteiger partial charge in [0, 0.05) is 26.2 Å². The van der Waals surface area contributed by atoms with E-state index in [1.165, 1.54) is 4.90 Å². The number of fused-ring (bicyclic) bond motifs is 1. The van der Waals surface area contributed by atoms with E-state index in [4.69, 9.17) is 9.72 Å². The highest BCUT2D eigenvalue weighted by atomic mass is 32.1. The molecule has 0 bridgehead atoms. The van der Waals surface area contributed by atoms with Crippen molar-refractivity contribution in [3.63, 3.8) is 0 Å². The Balaban J connectivity index is 1.56. The zero-order chi connectivity index (χ0) is 25.1. The molecule has 0 aromatic carbocycles. The van der Waals surface area contributed by atoms with Gasteiger partial charge >= 0.3 is 5.97 Å². The monoisotopic (exact) mass is 497 g/mol. The maximum Gasteiger partial charge on any atom is 0.310 e. The van der Waals surface area contributed by atoms with Gasteiger partial charge in [-0.3, -0.25) is 14.4 Å². The summed E-state index contributed by atoms with van der Waals surface area (Å²) < 4.78 is 6.94. The first kappa shape index (κ1) is 24.8. The quantitative estimate of drug-likeness (QED) is 0.463. The van der Waals surface area contributed by atoms with Gasteiger partial charge in [-0.1, -0.05) is 6.07 Å². The van der Waals surface area contributed by atoms with Gasteiger partial charge in [0.25, 0.3) is 5.91 Å².